The zero-order valence-electron chi connectivity index (χ0n) is 7.69. The molecule has 12 heavy (non-hydrogen) atoms. The van der Waals surface area contributed by atoms with Gasteiger partial charge in [-0.3, -0.25) is 0 Å². The van der Waals surface area contributed by atoms with E-state index in [0.717, 1.165) is 16.6 Å². The summed E-state index contributed by atoms with van der Waals surface area (Å²) in [7, 11) is 0. The van der Waals surface area contributed by atoms with E-state index < -0.39 is 0 Å². The Labute approximate surface area is 94.8 Å². The molecule has 0 nitrogen and oxygen atoms in total. The molecule has 3 rings (SSSR count). The second-order valence-electron chi connectivity index (χ2n) is 5.11. The molecule has 0 aromatic carbocycles. The van der Waals surface area contributed by atoms with Crippen molar-refractivity contribution in [3.8, 4) is 0 Å². The van der Waals surface area contributed by atoms with Gasteiger partial charge < -0.3 is 0 Å². The molecule has 0 N–H and O–H groups in total. The van der Waals surface area contributed by atoms with Crippen LogP contribution in [0.2, 0.25) is 0 Å². The van der Waals surface area contributed by atoms with E-state index in [2.05, 4.69) is 25.6 Å². The van der Waals surface area contributed by atoms with E-state index in [1.54, 1.807) is 12.8 Å². The number of hydrogen-bond acceptors (Lipinski definition) is 1. The Balaban J connectivity index is 0.000000563. The monoisotopic (exact) mass is 365 g/mol. The Hall–Kier alpha value is 1.09. The van der Waals surface area contributed by atoms with Gasteiger partial charge in [-0.25, -0.2) is 0 Å². The summed E-state index contributed by atoms with van der Waals surface area (Å²) in [6.07, 6.45) is 4.63. The molecule has 3 atom stereocenters. The smallest absolute Gasteiger partial charge is 0.0332 e. The van der Waals surface area contributed by atoms with Crippen molar-refractivity contribution in [2.24, 2.45) is 17.3 Å². The van der Waals surface area contributed by atoms with E-state index >= 15 is 0 Å². The van der Waals surface area contributed by atoms with Crippen LogP contribution in [0, 0.1) is 17.3 Å². The molecule has 2 bridgehead atoms. The third kappa shape index (κ3) is 0.867. The molecule has 0 aromatic heterocycles. The normalized spacial score (nSPS) is 52.5. The van der Waals surface area contributed by atoms with Crippen LogP contribution < -0.4 is 0 Å². The van der Waals surface area contributed by atoms with E-state index in [4.69, 9.17) is 0 Å². The Morgan fingerprint density at radius 2 is 1.75 bits per heavy atom. The molecule has 1 spiro atoms. The van der Waals surface area contributed by atoms with Crippen molar-refractivity contribution in [3.05, 3.63) is 0 Å². The molecule has 0 amide bonds. The SMILES string of the molecule is CC1(C)C2CCC(C2)C12CS2.[Au]. The molecule has 3 fully saturated rings. The summed E-state index contributed by atoms with van der Waals surface area (Å²) in [6.45, 7) is 5.02. The second kappa shape index (κ2) is 2.56. The van der Waals surface area contributed by atoms with Crippen LogP contribution in [-0.4, -0.2) is 10.5 Å². The molecule has 73 valence electrons. The van der Waals surface area contributed by atoms with Crippen LogP contribution in [0.1, 0.15) is 33.1 Å². The summed E-state index contributed by atoms with van der Waals surface area (Å²) in [6, 6.07) is 0. The van der Waals surface area contributed by atoms with Crippen LogP contribution in [0.5, 0.6) is 0 Å². The first-order valence-electron chi connectivity index (χ1n) is 4.81. The van der Waals surface area contributed by atoms with Gasteiger partial charge in [0.1, 0.15) is 0 Å². The zero-order chi connectivity index (χ0) is 7.69. The first-order valence-corrected chi connectivity index (χ1v) is 5.79. The molecular formula is C10H16AuS. The predicted octanol–water partition coefficient (Wildman–Crippen LogP) is 2.93. The molecule has 1 radical (unpaired) electrons. The van der Waals surface area contributed by atoms with Crippen molar-refractivity contribution in [2.75, 3.05) is 5.75 Å². The van der Waals surface area contributed by atoms with Crippen LogP contribution in [-0.2, 0) is 22.4 Å². The maximum Gasteiger partial charge on any atom is 0.0332 e. The molecule has 1 saturated heterocycles. The van der Waals surface area contributed by atoms with E-state index in [0.29, 0.717) is 5.41 Å². The molecule has 1 heterocycles. The minimum atomic E-state index is 0. The summed E-state index contributed by atoms with van der Waals surface area (Å²) in [5, 5.41) is 0. The predicted molar refractivity (Wildman–Crippen MR) is 49.8 cm³/mol. The van der Waals surface area contributed by atoms with Gasteiger partial charge in [-0.15, -0.1) is 0 Å². The fourth-order valence-electron chi connectivity index (χ4n) is 3.62. The molecule has 1 aliphatic heterocycles. The van der Waals surface area contributed by atoms with Crippen molar-refractivity contribution < 1.29 is 22.4 Å². The molecule has 2 saturated carbocycles. The quantitative estimate of drug-likeness (QED) is 0.470. The van der Waals surface area contributed by atoms with E-state index in [1.165, 1.54) is 12.2 Å². The number of thioether (sulfide) groups is 1. The maximum absolute atomic E-state index is 2.51. The van der Waals surface area contributed by atoms with Gasteiger partial charge in [0, 0.05) is 32.9 Å². The van der Waals surface area contributed by atoms with Crippen LogP contribution in [0.3, 0.4) is 0 Å². The van der Waals surface area contributed by atoms with E-state index in [1.807, 2.05) is 0 Å². The summed E-state index contributed by atoms with van der Waals surface area (Å²) < 4.78 is 0.774. The van der Waals surface area contributed by atoms with Crippen molar-refractivity contribution >= 4 is 11.8 Å². The van der Waals surface area contributed by atoms with E-state index in [-0.39, 0.29) is 22.4 Å². The Morgan fingerprint density at radius 3 is 2.08 bits per heavy atom. The van der Waals surface area contributed by atoms with Gasteiger partial charge in [-0.2, -0.15) is 11.8 Å². The number of hydrogen-bond donors (Lipinski definition) is 0. The van der Waals surface area contributed by atoms with Gasteiger partial charge in [-0.05, 0) is 36.5 Å². The first kappa shape index (κ1) is 9.64. The minimum Gasteiger partial charge on any atom is -0.152 e. The van der Waals surface area contributed by atoms with Gasteiger partial charge in [0.2, 0.25) is 0 Å². The first-order chi connectivity index (χ1) is 5.17. The Kier molecular flexibility index (Phi) is 2.06. The topological polar surface area (TPSA) is 0 Å². The van der Waals surface area contributed by atoms with Crippen molar-refractivity contribution in [3.63, 3.8) is 0 Å². The third-order valence-corrected chi connectivity index (χ3v) is 6.43. The summed E-state index contributed by atoms with van der Waals surface area (Å²) >= 11 is 2.25. The molecule has 0 aromatic rings. The van der Waals surface area contributed by atoms with Crippen LogP contribution in [0.25, 0.3) is 0 Å². The van der Waals surface area contributed by atoms with Crippen molar-refractivity contribution in [1.29, 1.82) is 0 Å². The van der Waals surface area contributed by atoms with E-state index in [9.17, 15) is 0 Å². The minimum absolute atomic E-state index is 0. The average Bonchev–Trinajstić information content (AvgIpc) is 2.55. The van der Waals surface area contributed by atoms with Gasteiger partial charge in [0.05, 0.1) is 0 Å². The third-order valence-electron chi connectivity index (χ3n) is 4.66. The average molecular weight is 365 g/mol. The zero-order valence-corrected chi connectivity index (χ0v) is 10.7. The van der Waals surface area contributed by atoms with Crippen LogP contribution in [0.4, 0.5) is 0 Å². The molecule has 2 heteroatoms. The van der Waals surface area contributed by atoms with Crippen molar-refractivity contribution in [1.82, 2.24) is 0 Å². The standard InChI is InChI=1S/C10H16S.Au/c1-9(2)7-3-4-8(5-7)10(9)6-11-10;/h7-8H,3-6H2,1-2H3;. The fraction of sp³-hybridized carbons (Fsp3) is 1.00. The number of rotatable bonds is 0. The molecule has 3 aliphatic rings. The van der Waals surface area contributed by atoms with Crippen LogP contribution >= 0.6 is 11.8 Å². The Morgan fingerprint density at radius 1 is 1.17 bits per heavy atom. The maximum atomic E-state index is 2.51. The Bertz CT molecular complexity index is 198. The van der Waals surface area contributed by atoms with Gasteiger partial charge >= 0.3 is 0 Å². The largest absolute Gasteiger partial charge is 0.152 e. The second-order valence-corrected chi connectivity index (χ2v) is 6.41. The van der Waals surface area contributed by atoms with Crippen LogP contribution in [0.15, 0.2) is 0 Å². The molecule has 2 aliphatic carbocycles. The van der Waals surface area contributed by atoms with Gasteiger partial charge in [0.25, 0.3) is 0 Å². The summed E-state index contributed by atoms with van der Waals surface area (Å²) in [4.78, 5) is 0. The van der Waals surface area contributed by atoms with Crippen molar-refractivity contribution in [2.45, 2.75) is 37.9 Å². The summed E-state index contributed by atoms with van der Waals surface area (Å²) in [5.41, 5.74) is 0.681. The number of fused-ring (bicyclic) bond motifs is 3. The fourth-order valence-corrected chi connectivity index (χ4v) is 5.37. The van der Waals surface area contributed by atoms with Gasteiger partial charge in [0.15, 0.2) is 0 Å². The van der Waals surface area contributed by atoms with Gasteiger partial charge in [-0.1, -0.05) is 13.8 Å². The molecular weight excluding hydrogens is 349 g/mol. The molecule has 3 unspecified atom stereocenters. The summed E-state index contributed by atoms with van der Waals surface area (Å²) in [5.74, 6) is 3.65.